The Labute approximate surface area is 117 Å². The van der Waals surface area contributed by atoms with Gasteiger partial charge in [0.2, 0.25) is 5.89 Å². The van der Waals surface area contributed by atoms with Crippen LogP contribution >= 0.6 is 0 Å². The first-order chi connectivity index (χ1) is 9.65. The maximum absolute atomic E-state index is 12.4. The number of fused-ring (bicyclic) bond motifs is 1. The zero-order valence-corrected chi connectivity index (χ0v) is 11.7. The minimum absolute atomic E-state index is 0.0442. The van der Waals surface area contributed by atoms with Gasteiger partial charge in [0.15, 0.2) is 5.82 Å². The molecule has 5 nitrogen and oxygen atoms in total. The number of aromatic nitrogens is 2. The number of hydrogen-bond donors (Lipinski definition) is 0. The van der Waals surface area contributed by atoms with Crippen LogP contribution in [0.25, 0.3) is 0 Å². The van der Waals surface area contributed by atoms with E-state index in [4.69, 9.17) is 4.52 Å². The molecule has 2 heterocycles. The van der Waals surface area contributed by atoms with E-state index in [-0.39, 0.29) is 11.8 Å². The monoisotopic (exact) mass is 271 g/mol. The third kappa shape index (κ3) is 2.31. The fraction of sp³-hybridized carbons (Fsp3) is 0.400. The Bertz CT molecular complexity index is 634. The number of carbonyl (C=O) groups is 1. The van der Waals surface area contributed by atoms with Crippen molar-refractivity contribution in [1.82, 2.24) is 15.0 Å². The van der Waals surface area contributed by atoms with E-state index in [9.17, 15) is 4.79 Å². The molecule has 0 aliphatic carbocycles. The lowest BCUT2D eigenvalue weighted by molar-refractivity contribution is 0.0721. The van der Waals surface area contributed by atoms with Crippen LogP contribution in [0.2, 0.25) is 0 Å². The van der Waals surface area contributed by atoms with Gasteiger partial charge in [0.1, 0.15) is 0 Å². The summed E-state index contributed by atoms with van der Waals surface area (Å²) in [5, 5.41) is 3.94. The molecule has 0 bridgehead atoms. The molecule has 0 spiro atoms. The molecule has 20 heavy (non-hydrogen) atoms. The van der Waals surface area contributed by atoms with Crippen molar-refractivity contribution in [2.24, 2.45) is 0 Å². The number of nitrogens with zero attached hydrogens (tertiary/aromatic N) is 3. The predicted molar refractivity (Wildman–Crippen MR) is 73.3 cm³/mol. The van der Waals surface area contributed by atoms with Crippen molar-refractivity contribution in [3.63, 3.8) is 0 Å². The molecule has 0 N–H and O–H groups in total. The van der Waals surface area contributed by atoms with Crippen LogP contribution in [-0.4, -0.2) is 27.5 Å². The molecule has 0 unspecified atom stereocenters. The van der Waals surface area contributed by atoms with Crippen molar-refractivity contribution < 1.29 is 9.32 Å². The van der Waals surface area contributed by atoms with Gasteiger partial charge in [-0.05, 0) is 18.1 Å². The predicted octanol–water partition coefficient (Wildman–Crippen LogP) is 2.39. The third-order valence-corrected chi connectivity index (χ3v) is 3.50. The first-order valence-corrected chi connectivity index (χ1v) is 6.85. The summed E-state index contributed by atoms with van der Waals surface area (Å²) in [6, 6.07) is 7.75. The minimum atomic E-state index is 0.0442. The summed E-state index contributed by atoms with van der Waals surface area (Å²) in [5.41, 5.74) is 1.90. The van der Waals surface area contributed by atoms with Crippen molar-refractivity contribution >= 4 is 5.91 Å². The summed E-state index contributed by atoms with van der Waals surface area (Å²) in [7, 11) is 0. The maximum Gasteiger partial charge on any atom is 0.254 e. The summed E-state index contributed by atoms with van der Waals surface area (Å²) in [5.74, 6) is 1.43. The lowest BCUT2D eigenvalue weighted by Gasteiger charge is -2.27. The van der Waals surface area contributed by atoms with Gasteiger partial charge in [-0.15, -0.1) is 0 Å². The van der Waals surface area contributed by atoms with Crippen LogP contribution in [0.4, 0.5) is 0 Å². The lowest BCUT2D eigenvalue weighted by atomic mass is 9.99. The second-order valence-electron chi connectivity index (χ2n) is 5.34. The molecule has 5 heteroatoms. The zero-order valence-electron chi connectivity index (χ0n) is 11.7. The highest BCUT2D eigenvalue weighted by Gasteiger charge is 2.25. The van der Waals surface area contributed by atoms with Crippen molar-refractivity contribution in [3.05, 3.63) is 47.1 Å². The van der Waals surface area contributed by atoms with E-state index >= 15 is 0 Å². The van der Waals surface area contributed by atoms with Crippen LogP contribution in [0.5, 0.6) is 0 Å². The highest BCUT2D eigenvalue weighted by molar-refractivity contribution is 5.96. The molecule has 1 aromatic heterocycles. The first kappa shape index (κ1) is 12.8. The summed E-state index contributed by atoms with van der Waals surface area (Å²) < 4.78 is 5.17. The van der Waals surface area contributed by atoms with Gasteiger partial charge in [-0.3, -0.25) is 4.79 Å². The van der Waals surface area contributed by atoms with Gasteiger partial charge < -0.3 is 9.42 Å². The van der Waals surface area contributed by atoms with Crippen LogP contribution in [0, 0.1) is 0 Å². The quantitative estimate of drug-likeness (QED) is 0.860. The topological polar surface area (TPSA) is 59.2 Å². The van der Waals surface area contributed by atoms with Crippen LogP contribution in [0.3, 0.4) is 0 Å². The molecule has 0 saturated heterocycles. The maximum atomic E-state index is 12.4. The van der Waals surface area contributed by atoms with Crippen molar-refractivity contribution in [3.8, 4) is 0 Å². The van der Waals surface area contributed by atoms with E-state index in [1.807, 2.05) is 38.1 Å². The van der Waals surface area contributed by atoms with Crippen molar-refractivity contribution in [2.75, 3.05) is 6.54 Å². The van der Waals surface area contributed by atoms with Gasteiger partial charge in [0.05, 0.1) is 6.54 Å². The molecule has 1 aliphatic rings. The Morgan fingerprint density at radius 1 is 1.35 bits per heavy atom. The molecule has 0 atom stereocenters. The second kappa shape index (κ2) is 5.07. The van der Waals surface area contributed by atoms with Gasteiger partial charge >= 0.3 is 0 Å². The summed E-state index contributed by atoms with van der Waals surface area (Å²) >= 11 is 0. The summed E-state index contributed by atoms with van der Waals surface area (Å²) in [4.78, 5) is 18.5. The van der Waals surface area contributed by atoms with Gasteiger partial charge in [-0.25, -0.2) is 0 Å². The smallest absolute Gasteiger partial charge is 0.254 e. The van der Waals surface area contributed by atoms with Crippen LogP contribution in [0.1, 0.15) is 47.4 Å². The molecule has 0 fully saturated rings. The normalized spacial score (nSPS) is 14.8. The zero-order chi connectivity index (χ0) is 14.1. The molecule has 3 rings (SSSR count). The summed E-state index contributed by atoms with van der Waals surface area (Å²) in [6.07, 6.45) is 0.872. The van der Waals surface area contributed by atoms with E-state index in [1.165, 1.54) is 0 Å². The molecule has 1 aliphatic heterocycles. The second-order valence-corrected chi connectivity index (χ2v) is 5.34. The SMILES string of the molecule is CC(C)c1nc(CN2CCc3ccccc3C2=O)no1. The number of hydrogen-bond acceptors (Lipinski definition) is 4. The first-order valence-electron chi connectivity index (χ1n) is 6.85. The van der Waals surface area contributed by atoms with E-state index in [0.717, 1.165) is 17.5 Å². The summed E-state index contributed by atoms with van der Waals surface area (Å²) in [6.45, 7) is 5.10. The fourth-order valence-electron chi connectivity index (χ4n) is 2.36. The molecule has 1 aromatic carbocycles. The highest BCUT2D eigenvalue weighted by Crippen LogP contribution is 2.20. The fourth-order valence-corrected chi connectivity index (χ4v) is 2.36. The highest BCUT2D eigenvalue weighted by atomic mass is 16.5. The van der Waals surface area contributed by atoms with Gasteiger partial charge in [0, 0.05) is 18.0 Å². The van der Waals surface area contributed by atoms with Crippen molar-refractivity contribution in [2.45, 2.75) is 32.7 Å². The molecular weight excluding hydrogens is 254 g/mol. The molecule has 2 aromatic rings. The molecular formula is C15H17N3O2. The average molecular weight is 271 g/mol. The number of rotatable bonds is 3. The molecule has 0 saturated carbocycles. The van der Waals surface area contributed by atoms with Crippen LogP contribution < -0.4 is 0 Å². The number of carbonyl (C=O) groups excluding carboxylic acids is 1. The Hall–Kier alpha value is -2.17. The van der Waals surface area contributed by atoms with E-state index in [0.29, 0.717) is 24.8 Å². The van der Waals surface area contributed by atoms with Gasteiger partial charge in [-0.2, -0.15) is 4.98 Å². The Balaban J connectivity index is 1.77. The van der Waals surface area contributed by atoms with Crippen molar-refractivity contribution in [1.29, 1.82) is 0 Å². The number of benzene rings is 1. The van der Waals surface area contributed by atoms with E-state index in [1.54, 1.807) is 4.90 Å². The van der Waals surface area contributed by atoms with Gasteiger partial charge in [0.25, 0.3) is 5.91 Å². The van der Waals surface area contributed by atoms with Crippen LogP contribution in [0.15, 0.2) is 28.8 Å². The largest absolute Gasteiger partial charge is 0.339 e. The molecule has 0 radical (unpaired) electrons. The third-order valence-electron chi connectivity index (χ3n) is 3.50. The Kier molecular flexibility index (Phi) is 3.26. The van der Waals surface area contributed by atoms with E-state index < -0.39 is 0 Å². The van der Waals surface area contributed by atoms with Gasteiger partial charge in [-0.1, -0.05) is 37.2 Å². The Morgan fingerprint density at radius 3 is 2.90 bits per heavy atom. The Morgan fingerprint density at radius 2 is 2.15 bits per heavy atom. The molecule has 104 valence electrons. The standard InChI is InChI=1S/C15H17N3O2/c1-10(2)14-16-13(17-20-14)9-18-8-7-11-5-3-4-6-12(11)15(18)19/h3-6,10H,7-9H2,1-2H3. The minimum Gasteiger partial charge on any atom is -0.339 e. The van der Waals surface area contributed by atoms with Crippen LogP contribution in [-0.2, 0) is 13.0 Å². The lowest BCUT2D eigenvalue weighted by Crippen LogP contribution is -2.37. The average Bonchev–Trinajstić information content (AvgIpc) is 2.91. The molecule has 1 amide bonds. The number of amides is 1. The van der Waals surface area contributed by atoms with E-state index in [2.05, 4.69) is 10.1 Å².